The van der Waals surface area contributed by atoms with Gasteiger partial charge in [-0.15, -0.1) is 0 Å². The predicted molar refractivity (Wildman–Crippen MR) is 95.0 cm³/mol. The molecule has 22 heavy (non-hydrogen) atoms. The normalized spacial score (nSPS) is 13.2. The molecule has 0 N–H and O–H groups in total. The quantitative estimate of drug-likeness (QED) is 0.344. The van der Waals surface area contributed by atoms with Gasteiger partial charge in [0, 0.05) is 13.2 Å². The van der Waals surface area contributed by atoms with E-state index in [0.717, 1.165) is 25.3 Å². The van der Waals surface area contributed by atoms with E-state index in [9.17, 15) is 0 Å². The molecule has 0 saturated heterocycles. The van der Waals surface area contributed by atoms with E-state index in [1.54, 1.807) is 0 Å². The van der Waals surface area contributed by atoms with Crippen LogP contribution in [0.2, 0.25) is 6.04 Å². The molecular formula is C17H40ClNO2Si. The molecule has 0 heterocycles. The highest BCUT2D eigenvalue weighted by molar-refractivity contribution is 6.44. The van der Waals surface area contributed by atoms with Crippen LogP contribution in [0.1, 0.15) is 66.7 Å². The molecule has 1 atom stereocenters. The Morgan fingerprint density at radius 1 is 0.909 bits per heavy atom. The summed E-state index contributed by atoms with van der Waals surface area (Å²) >= 11 is 0. The van der Waals surface area contributed by atoms with Crippen molar-refractivity contribution >= 4 is 9.28 Å². The van der Waals surface area contributed by atoms with Gasteiger partial charge in [0.15, 0.2) is 0 Å². The van der Waals surface area contributed by atoms with Gasteiger partial charge >= 0.3 is 9.28 Å². The Balaban J connectivity index is 0. The van der Waals surface area contributed by atoms with E-state index in [4.69, 9.17) is 8.85 Å². The average molecular weight is 354 g/mol. The Labute approximate surface area is 147 Å². The fourth-order valence-corrected chi connectivity index (χ4v) is 5.30. The first-order chi connectivity index (χ1) is 10.1. The van der Waals surface area contributed by atoms with Crippen LogP contribution in [0.25, 0.3) is 0 Å². The Bertz CT molecular complexity index is 233. The Hall–Kier alpha value is 0.387. The molecule has 0 aliphatic rings. The second-order valence-electron chi connectivity index (χ2n) is 6.26. The van der Waals surface area contributed by atoms with Crippen LogP contribution in [0.3, 0.4) is 0 Å². The Morgan fingerprint density at radius 3 is 1.77 bits per heavy atom. The van der Waals surface area contributed by atoms with E-state index < -0.39 is 9.28 Å². The van der Waals surface area contributed by atoms with Crippen molar-refractivity contribution in [1.29, 1.82) is 0 Å². The van der Waals surface area contributed by atoms with Crippen molar-refractivity contribution in [2.24, 2.45) is 0 Å². The topological polar surface area (TPSA) is 18.5 Å². The zero-order chi connectivity index (χ0) is 16.1. The van der Waals surface area contributed by atoms with E-state index >= 15 is 0 Å². The Kier molecular flexibility index (Phi) is 16.7. The highest BCUT2D eigenvalue weighted by atomic mass is 35.5. The average Bonchev–Trinajstić information content (AvgIpc) is 2.44. The minimum Gasteiger partial charge on any atom is -1.00 e. The van der Waals surface area contributed by atoms with Gasteiger partial charge in [0.1, 0.15) is 0 Å². The molecular weight excluding hydrogens is 314 g/mol. The van der Waals surface area contributed by atoms with Crippen molar-refractivity contribution in [2.45, 2.75) is 78.8 Å². The summed E-state index contributed by atoms with van der Waals surface area (Å²) in [6.07, 6.45) is 6.42. The first kappa shape index (κ1) is 24.6. The molecule has 3 nitrogen and oxygen atoms in total. The molecule has 0 aromatic rings. The summed E-state index contributed by atoms with van der Waals surface area (Å²) in [6.45, 7) is 15.3. The van der Waals surface area contributed by atoms with Gasteiger partial charge in [0.25, 0.3) is 0 Å². The van der Waals surface area contributed by atoms with Crippen LogP contribution in [0.5, 0.6) is 0 Å². The van der Waals surface area contributed by atoms with Gasteiger partial charge in [-0.2, -0.15) is 0 Å². The van der Waals surface area contributed by atoms with Gasteiger partial charge in [-0.25, -0.2) is 0 Å². The fourth-order valence-electron chi connectivity index (χ4n) is 3.56. The Morgan fingerprint density at radius 2 is 1.41 bits per heavy atom. The second kappa shape index (κ2) is 14.9. The molecule has 0 fully saturated rings. The fraction of sp³-hybridized carbons (Fsp3) is 1.00. The summed E-state index contributed by atoms with van der Waals surface area (Å²) in [5.74, 6) is 0. The summed E-state index contributed by atoms with van der Waals surface area (Å²) in [7, 11) is 1.06. The van der Waals surface area contributed by atoms with Crippen molar-refractivity contribution in [3.05, 3.63) is 0 Å². The van der Waals surface area contributed by atoms with Gasteiger partial charge in [0.2, 0.25) is 0 Å². The highest BCUT2D eigenvalue weighted by Crippen LogP contribution is 2.22. The largest absolute Gasteiger partial charge is 1.00 e. The molecule has 0 aliphatic heterocycles. The molecule has 0 radical (unpaired) electrons. The summed E-state index contributed by atoms with van der Waals surface area (Å²) in [5.41, 5.74) is 0. The van der Waals surface area contributed by atoms with Gasteiger partial charge in [-0.1, -0.05) is 20.8 Å². The lowest BCUT2D eigenvalue weighted by Crippen LogP contribution is -3.00. The van der Waals surface area contributed by atoms with E-state index in [1.165, 1.54) is 49.7 Å². The van der Waals surface area contributed by atoms with E-state index in [1.807, 2.05) is 0 Å². The van der Waals surface area contributed by atoms with Gasteiger partial charge < -0.3 is 25.7 Å². The molecule has 0 amide bonds. The number of hydrogen-bond acceptors (Lipinski definition) is 2. The third kappa shape index (κ3) is 9.51. The maximum atomic E-state index is 5.79. The first-order valence-corrected chi connectivity index (χ1v) is 10.9. The lowest BCUT2D eigenvalue weighted by molar-refractivity contribution is -0.934. The van der Waals surface area contributed by atoms with Gasteiger partial charge in [0.05, 0.1) is 26.2 Å². The molecule has 0 saturated carbocycles. The third-order valence-electron chi connectivity index (χ3n) is 4.50. The maximum Gasteiger partial charge on any atom is 0.321 e. The minimum atomic E-state index is -1.40. The molecule has 0 aliphatic carbocycles. The van der Waals surface area contributed by atoms with Crippen LogP contribution in [0.4, 0.5) is 0 Å². The first-order valence-electron chi connectivity index (χ1n) is 9.15. The third-order valence-corrected chi connectivity index (χ3v) is 6.79. The van der Waals surface area contributed by atoms with Crippen LogP contribution in [0, 0.1) is 0 Å². The van der Waals surface area contributed by atoms with Gasteiger partial charge in [-0.05, 0) is 52.0 Å². The monoisotopic (exact) mass is 353 g/mol. The molecule has 0 bridgehead atoms. The molecule has 0 aromatic heterocycles. The lowest BCUT2D eigenvalue weighted by Gasteiger charge is -2.41. The van der Waals surface area contributed by atoms with Crippen molar-refractivity contribution in [2.75, 3.05) is 33.4 Å². The number of nitrogens with zero attached hydrogens (tertiary/aromatic N) is 1. The van der Waals surface area contributed by atoms with Crippen molar-refractivity contribution in [3.8, 4) is 0 Å². The van der Waals surface area contributed by atoms with Crippen molar-refractivity contribution in [3.63, 3.8) is 0 Å². The number of quaternary nitrogens is 1. The summed E-state index contributed by atoms with van der Waals surface area (Å²) < 4.78 is 12.8. The van der Waals surface area contributed by atoms with E-state index in [0.29, 0.717) is 0 Å². The van der Waals surface area contributed by atoms with Crippen LogP contribution in [-0.2, 0) is 8.85 Å². The molecule has 0 spiro atoms. The molecule has 0 aromatic carbocycles. The van der Waals surface area contributed by atoms with Crippen LogP contribution >= 0.6 is 0 Å². The van der Waals surface area contributed by atoms with Gasteiger partial charge in [-0.3, -0.25) is 0 Å². The van der Waals surface area contributed by atoms with Crippen LogP contribution in [0.15, 0.2) is 0 Å². The zero-order valence-corrected chi connectivity index (χ0v) is 17.8. The number of rotatable bonds is 14. The molecule has 136 valence electrons. The minimum absolute atomic E-state index is 0. The van der Waals surface area contributed by atoms with Crippen LogP contribution in [-0.4, -0.2) is 53.2 Å². The molecule has 5 heteroatoms. The molecule has 0 rings (SSSR count). The summed E-state index contributed by atoms with van der Waals surface area (Å²) in [4.78, 5) is 0. The van der Waals surface area contributed by atoms with Crippen LogP contribution < -0.4 is 12.4 Å². The lowest BCUT2D eigenvalue weighted by atomic mass is 10.0. The van der Waals surface area contributed by atoms with Crippen molar-refractivity contribution in [1.82, 2.24) is 0 Å². The smallest absolute Gasteiger partial charge is 0.321 e. The van der Waals surface area contributed by atoms with E-state index in [2.05, 4.69) is 41.7 Å². The van der Waals surface area contributed by atoms with Crippen molar-refractivity contribution < 1.29 is 25.7 Å². The maximum absolute atomic E-state index is 5.79. The predicted octanol–water partition coefficient (Wildman–Crippen LogP) is 1.11. The second-order valence-corrected chi connectivity index (χ2v) is 8.36. The zero-order valence-electron chi connectivity index (χ0n) is 15.9. The number of halogens is 1. The summed E-state index contributed by atoms with van der Waals surface area (Å²) in [5, 5.41) is 0. The standard InChI is InChI=1S/C17H40NO2Si.ClH/c1-7-14-18(6,15-8-2)17(9-3)13-12-16-21(19-10-4)20-11-5;/h17,21H,7-16H2,1-6H3;1H/q+1;/p-1. The molecule has 1 unspecified atom stereocenters. The number of hydrogen-bond donors (Lipinski definition) is 0. The van der Waals surface area contributed by atoms with E-state index in [-0.39, 0.29) is 12.4 Å². The highest BCUT2D eigenvalue weighted by Gasteiger charge is 2.29. The summed E-state index contributed by atoms with van der Waals surface area (Å²) in [6, 6.07) is 1.96. The SMILES string of the molecule is CCC[N+](C)(CCC)C(CC)CCC[SiH](OCC)OCC.[Cl-].